The average molecular weight is 124 g/mol. The van der Waals surface area contributed by atoms with Gasteiger partial charge in [-0.15, -0.1) is 0 Å². The lowest BCUT2D eigenvalue weighted by Gasteiger charge is -1.85. The number of aliphatic hydroxyl groups excluding tert-OH is 1. The van der Waals surface area contributed by atoms with Gasteiger partial charge in [0.1, 0.15) is 5.76 Å². The molecule has 1 heteroatoms. The predicted octanol–water partition coefficient (Wildman–Crippen LogP) is 2.58. The van der Waals surface area contributed by atoms with Crippen molar-refractivity contribution < 1.29 is 5.11 Å². The quantitative estimate of drug-likeness (QED) is 0.443. The second-order valence-electron chi connectivity index (χ2n) is 2.04. The van der Waals surface area contributed by atoms with Crippen LogP contribution >= 0.6 is 0 Å². The fourth-order valence-electron chi connectivity index (χ4n) is 0.320. The normalized spacial score (nSPS) is 10.7. The van der Waals surface area contributed by atoms with Crippen molar-refractivity contribution in [2.75, 3.05) is 0 Å². The van der Waals surface area contributed by atoms with Crippen molar-refractivity contribution in [3.05, 3.63) is 36.1 Å². The van der Waals surface area contributed by atoms with Crippen LogP contribution in [0.3, 0.4) is 0 Å². The molecule has 0 saturated carbocycles. The molecule has 0 fully saturated rings. The molecule has 0 spiro atoms. The van der Waals surface area contributed by atoms with Gasteiger partial charge in [-0.2, -0.15) is 0 Å². The Morgan fingerprint density at radius 3 is 2.22 bits per heavy atom. The largest absolute Gasteiger partial charge is 0.508 e. The summed E-state index contributed by atoms with van der Waals surface area (Å²) in [4.78, 5) is 0. The molecule has 0 aliphatic heterocycles. The van der Waals surface area contributed by atoms with Crippen molar-refractivity contribution in [3.8, 4) is 0 Å². The zero-order valence-electron chi connectivity index (χ0n) is 5.89. The molecule has 0 radical (unpaired) electrons. The summed E-state index contributed by atoms with van der Waals surface area (Å²) in [5.41, 5.74) is 1.16. The van der Waals surface area contributed by atoms with Gasteiger partial charge in [0, 0.05) is 0 Å². The van der Waals surface area contributed by atoms with E-state index >= 15 is 0 Å². The molecule has 0 saturated heterocycles. The summed E-state index contributed by atoms with van der Waals surface area (Å²) in [7, 11) is 0. The lowest BCUT2D eigenvalue weighted by molar-refractivity contribution is 0.433. The average Bonchev–Trinajstić information content (AvgIpc) is 1.83. The Bertz CT molecular complexity index is 148. The monoisotopic (exact) mass is 124 g/mol. The van der Waals surface area contributed by atoms with Crippen LogP contribution in [0.5, 0.6) is 0 Å². The van der Waals surface area contributed by atoms with Gasteiger partial charge in [0.05, 0.1) is 0 Å². The molecule has 50 valence electrons. The highest BCUT2D eigenvalue weighted by Gasteiger charge is 1.77. The molecule has 0 amide bonds. The first-order valence-corrected chi connectivity index (χ1v) is 2.83. The predicted molar refractivity (Wildman–Crippen MR) is 40.3 cm³/mol. The van der Waals surface area contributed by atoms with Gasteiger partial charge in [0.25, 0.3) is 0 Å². The maximum absolute atomic E-state index is 8.81. The van der Waals surface area contributed by atoms with Crippen molar-refractivity contribution >= 4 is 0 Å². The van der Waals surface area contributed by atoms with E-state index in [-0.39, 0.29) is 5.76 Å². The van der Waals surface area contributed by atoms with Crippen molar-refractivity contribution in [1.82, 2.24) is 0 Å². The van der Waals surface area contributed by atoms with Gasteiger partial charge in [0.2, 0.25) is 0 Å². The molecule has 0 rings (SSSR count). The third-order valence-electron chi connectivity index (χ3n) is 0.797. The van der Waals surface area contributed by atoms with E-state index in [0.29, 0.717) is 0 Å². The second kappa shape index (κ2) is 3.96. The Labute approximate surface area is 56.0 Å². The molecule has 1 nitrogen and oxygen atoms in total. The van der Waals surface area contributed by atoms with Gasteiger partial charge in [-0.25, -0.2) is 0 Å². The highest BCUT2D eigenvalue weighted by molar-refractivity contribution is 5.17. The fraction of sp³-hybridized carbons (Fsp3) is 0.250. The standard InChI is InChI=1S/C8H12O/c1-4-8(9)6-5-7(2)3/h4-6,9H,1H2,2-3H3/b8-6+. The molecule has 0 aromatic carbocycles. The number of hydrogen-bond donors (Lipinski definition) is 1. The SMILES string of the molecule is C=C/C(O)=C\C=C(C)C. The van der Waals surface area contributed by atoms with E-state index in [0.717, 1.165) is 5.57 Å². The Morgan fingerprint density at radius 1 is 1.33 bits per heavy atom. The lowest BCUT2D eigenvalue weighted by Crippen LogP contribution is -1.69. The van der Waals surface area contributed by atoms with Crippen LogP contribution in [0.4, 0.5) is 0 Å². The maximum atomic E-state index is 8.81. The van der Waals surface area contributed by atoms with Crippen molar-refractivity contribution in [2.24, 2.45) is 0 Å². The summed E-state index contributed by atoms with van der Waals surface area (Å²) >= 11 is 0. The molecular weight excluding hydrogens is 112 g/mol. The van der Waals surface area contributed by atoms with Gasteiger partial charge in [0.15, 0.2) is 0 Å². The molecule has 0 heterocycles. The minimum Gasteiger partial charge on any atom is -0.508 e. The Morgan fingerprint density at radius 2 is 1.89 bits per heavy atom. The van der Waals surface area contributed by atoms with Crippen LogP contribution in [-0.4, -0.2) is 5.11 Å². The summed E-state index contributed by atoms with van der Waals surface area (Å²) < 4.78 is 0. The fourth-order valence-corrected chi connectivity index (χ4v) is 0.320. The van der Waals surface area contributed by atoms with Crippen LogP contribution in [0, 0.1) is 0 Å². The van der Waals surface area contributed by atoms with Crippen molar-refractivity contribution in [3.63, 3.8) is 0 Å². The van der Waals surface area contributed by atoms with Crippen molar-refractivity contribution in [1.29, 1.82) is 0 Å². The molecule has 0 atom stereocenters. The molecule has 0 unspecified atom stereocenters. The summed E-state index contributed by atoms with van der Waals surface area (Å²) in [5, 5.41) is 8.81. The first-order chi connectivity index (χ1) is 4.16. The highest BCUT2D eigenvalue weighted by Crippen LogP contribution is 1.93. The lowest BCUT2D eigenvalue weighted by atomic mass is 10.3. The molecular formula is C8H12O. The summed E-state index contributed by atoms with van der Waals surface area (Å²) in [5.74, 6) is 0.205. The second-order valence-corrected chi connectivity index (χ2v) is 2.04. The first kappa shape index (κ1) is 8.02. The Balaban J connectivity index is 3.98. The highest BCUT2D eigenvalue weighted by atomic mass is 16.3. The van der Waals surface area contributed by atoms with Crippen LogP contribution in [0.1, 0.15) is 13.8 Å². The molecule has 0 aliphatic rings. The van der Waals surface area contributed by atoms with Gasteiger partial charge in [-0.1, -0.05) is 18.2 Å². The van der Waals surface area contributed by atoms with Crippen molar-refractivity contribution in [2.45, 2.75) is 13.8 Å². The Hall–Kier alpha value is -0.980. The zero-order valence-corrected chi connectivity index (χ0v) is 5.89. The van der Waals surface area contributed by atoms with E-state index in [1.807, 2.05) is 19.9 Å². The van der Waals surface area contributed by atoms with Crippen LogP contribution < -0.4 is 0 Å². The topological polar surface area (TPSA) is 20.2 Å². The van der Waals surface area contributed by atoms with E-state index < -0.39 is 0 Å². The van der Waals surface area contributed by atoms with Gasteiger partial charge >= 0.3 is 0 Å². The molecule has 0 aromatic heterocycles. The van der Waals surface area contributed by atoms with Crippen LogP contribution in [0.2, 0.25) is 0 Å². The summed E-state index contributed by atoms with van der Waals surface area (Å²) in [6.45, 7) is 7.32. The smallest absolute Gasteiger partial charge is 0.114 e. The van der Waals surface area contributed by atoms with Gasteiger partial charge in [-0.3, -0.25) is 0 Å². The molecule has 0 aromatic rings. The molecule has 0 bridgehead atoms. The van der Waals surface area contributed by atoms with E-state index in [1.54, 1.807) is 6.08 Å². The summed E-state index contributed by atoms with van der Waals surface area (Å²) in [6.07, 6.45) is 4.85. The van der Waals surface area contributed by atoms with Crippen LogP contribution in [0.15, 0.2) is 36.1 Å². The number of rotatable bonds is 2. The zero-order chi connectivity index (χ0) is 7.28. The van der Waals surface area contributed by atoms with Gasteiger partial charge < -0.3 is 5.11 Å². The van der Waals surface area contributed by atoms with E-state index in [4.69, 9.17) is 5.11 Å². The number of aliphatic hydroxyl groups is 1. The molecule has 1 N–H and O–H groups in total. The molecule has 0 aliphatic carbocycles. The maximum Gasteiger partial charge on any atom is 0.114 e. The third-order valence-corrected chi connectivity index (χ3v) is 0.797. The minimum atomic E-state index is 0.205. The van der Waals surface area contributed by atoms with Gasteiger partial charge in [-0.05, 0) is 26.0 Å². The van der Waals surface area contributed by atoms with Crippen LogP contribution in [-0.2, 0) is 0 Å². The number of hydrogen-bond acceptors (Lipinski definition) is 1. The first-order valence-electron chi connectivity index (χ1n) is 2.83. The summed E-state index contributed by atoms with van der Waals surface area (Å²) in [6, 6.07) is 0. The third kappa shape index (κ3) is 4.88. The minimum absolute atomic E-state index is 0.205. The number of allylic oxidation sites excluding steroid dienone is 4. The van der Waals surface area contributed by atoms with E-state index in [9.17, 15) is 0 Å². The van der Waals surface area contributed by atoms with E-state index in [2.05, 4.69) is 6.58 Å². The molecule has 9 heavy (non-hydrogen) atoms. The Kier molecular flexibility index (Phi) is 3.52. The van der Waals surface area contributed by atoms with Crippen LogP contribution in [0.25, 0.3) is 0 Å². The van der Waals surface area contributed by atoms with E-state index in [1.165, 1.54) is 6.08 Å².